The van der Waals surface area contributed by atoms with Gasteiger partial charge in [0.2, 0.25) is 11.8 Å². The van der Waals surface area contributed by atoms with Crippen molar-refractivity contribution in [2.45, 2.75) is 12.8 Å². The standard InChI is InChI=1S/C21H22ClN3O4/c1-24(13-19(26)23-15-5-3-6-16(12-15)29-2)21(28)14-8-9-17(22)18(11-14)25-10-4-7-20(25)27/h3,5-6,8-9,11-12H,4,7,10,13H2,1-2H3,(H,23,26). The zero-order valence-corrected chi connectivity index (χ0v) is 17.0. The lowest BCUT2D eigenvalue weighted by atomic mass is 10.1. The van der Waals surface area contributed by atoms with Crippen LogP contribution in [0.1, 0.15) is 23.2 Å². The van der Waals surface area contributed by atoms with E-state index in [0.29, 0.717) is 40.7 Å². The maximum Gasteiger partial charge on any atom is 0.254 e. The molecule has 1 fully saturated rings. The highest BCUT2D eigenvalue weighted by Crippen LogP contribution is 2.30. The molecule has 1 saturated heterocycles. The van der Waals surface area contributed by atoms with Gasteiger partial charge in [-0.15, -0.1) is 0 Å². The Morgan fingerprint density at radius 2 is 2.03 bits per heavy atom. The smallest absolute Gasteiger partial charge is 0.254 e. The van der Waals surface area contributed by atoms with Gasteiger partial charge in [-0.3, -0.25) is 14.4 Å². The Morgan fingerprint density at radius 1 is 1.24 bits per heavy atom. The summed E-state index contributed by atoms with van der Waals surface area (Å²) in [7, 11) is 3.09. The Morgan fingerprint density at radius 3 is 2.72 bits per heavy atom. The van der Waals surface area contributed by atoms with E-state index in [-0.39, 0.29) is 24.3 Å². The molecule has 0 aromatic heterocycles. The summed E-state index contributed by atoms with van der Waals surface area (Å²) in [5.41, 5.74) is 1.46. The fourth-order valence-electron chi connectivity index (χ4n) is 3.16. The van der Waals surface area contributed by atoms with Gasteiger partial charge in [-0.2, -0.15) is 0 Å². The second kappa shape index (κ2) is 8.96. The highest BCUT2D eigenvalue weighted by atomic mass is 35.5. The molecule has 2 aromatic carbocycles. The van der Waals surface area contributed by atoms with Gasteiger partial charge in [-0.05, 0) is 36.8 Å². The summed E-state index contributed by atoms with van der Waals surface area (Å²) in [6, 6.07) is 11.8. The first kappa shape index (κ1) is 20.7. The van der Waals surface area contributed by atoms with Crippen LogP contribution in [0, 0.1) is 0 Å². The lowest BCUT2D eigenvalue weighted by Gasteiger charge is -2.20. The van der Waals surface area contributed by atoms with Crippen molar-refractivity contribution in [3.05, 3.63) is 53.1 Å². The molecule has 1 N–H and O–H groups in total. The predicted molar refractivity (Wildman–Crippen MR) is 112 cm³/mol. The molecule has 7 nitrogen and oxygen atoms in total. The number of hydrogen-bond donors (Lipinski definition) is 1. The number of anilines is 2. The molecule has 1 aliphatic heterocycles. The minimum absolute atomic E-state index is 0.0116. The third-order valence-electron chi connectivity index (χ3n) is 4.64. The molecular formula is C21H22ClN3O4. The third kappa shape index (κ3) is 4.86. The molecule has 0 radical (unpaired) electrons. The zero-order valence-electron chi connectivity index (χ0n) is 16.3. The normalized spacial score (nSPS) is 13.3. The van der Waals surface area contributed by atoms with Crippen molar-refractivity contribution in [2.75, 3.05) is 37.5 Å². The number of methoxy groups -OCH3 is 1. The average Bonchev–Trinajstić information content (AvgIpc) is 3.13. The monoisotopic (exact) mass is 415 g/mol. The van der Waals surface area contributed by atoms with E-state index in [2.05, 4.69) is 5.32 Å². The van der Waals surface area contributed by atoms with E-state index < -0.39 is 0 Å². The van der Waals surface area contributed by atoms with Crippen LogP contribution in [0.2, 0.25) is 5.02 Å². The molecule has 0 unspecified atom stereocenters. The third-order valence-corrected chi connectivity index (χ3v) is 4.96. The highest BCUT2D eigenvalue weighted by molar-refractivity contribution is 6.34. The molecule has 2 aromatic rings. The first-order chi connectivity index (χ1) is 13.9. The van der Waals surface area contributed by atoms with E-state index in [0.717, 1.165) is 6.42 Å². The molecule has 0 atom stereocenters. The van der Waals surface area contributed by atoms with Crippen molar-refractivity contribution < 1.29 is 19.1 Å². The molecule has 152 valence electrons. The van der Waals surface area contributed by atoms with Crippen molar-refractivity contribution in [1.82, 2.24) is 4.90 Å². The molecule has 0 aliphatic carbocycles. The quantitative estimate of drug-likeness (QED) is 0.785. The zero-order chi connectivity index (χ0) is 21.0. The van der Waals surface area contributed by atoms with E-state index >= 15 is 0 Å². The molecule has 1 aliphatic rings. The van der Waals surface area contributed by atoms with E-state index in [1.54, 1.807) is 61.5 Å². The Balaban J connectivity index is 1.68. The summed E-state index contributed by atoms with van der Waals surface area (Å²) < 4.78 is 5.13. The molecule has 29 heavy (non-hydrogen) atoms. The fraction of sp³-hybridized carbons (Fsp3) is 0.286. The minimum atomic E-state index is -0.338. The van der Waals surface area contributed by atoms with Crippen LogP contribution in [0.4, 0.5) is 11.4 Å². The van der Waals surface area contributed by atoms with Gasteiger partial charge >= 0.3 is 0 Å². The Labute approximate surface area is 174 Å². The minimum Gasteiger partial charge on any atom is -0.497 e. The molecule has 8 heteroatoms. The van der Waals surface area contributed by atoms with Gasteiger partial charge in [0.1, 0.15) is 5.75 Å². The van der Waals surface area contributed by atoms with Gasteiger partial charge in [-0.25, -0.2) is 0 Å². The molecule has 3 rings (SSSR count). The summed E-state index contributed by atoms with van der Waals surface area (Å²) in [5, 5.41) is 3.15. The van der Waals surface area contributed by atoms with Crippen LogP contribution < -0.4 is 15.0 Å². The van der Waals surface area contributed by atoms with Crippen LogP contribution in [0.15, 0.2) is 42.5 Å². The van der Waals surface area contributed by atoms with Crippen LogP contribution in [-0.4, -0.2) is 49.9 Å². The van der Waals surface area contributed by atoms with E-state index in [1.165, 1.54) is 4.90 Å². The lowest BCUT2D eigenvalue weighted by Crippen LogP contribution is -2.35. The molecule has 0 saturated carbocycles. The first-order valence-corrected chi connectivity index (χ1v) is 9.56. The summed E-state index contributed by atoms with van der Waals surface area (Å²) in [5.74, 6) is -0.0618. The first-order valence-electron chi connectivity index (χ1n) is 9.18. The van der Waals surface area contributed by atoms with Gasteiger partial charge in [0.15, 0.2) is 0 Å². The average molecular weight is 416 g/mol. The Hall–Kier alpha value is -3.06. The number of ether oxygens (including phenoxy) is 1. The largest absolute Gasteiger partial charge is 0.497 e. The van der Waals surface area contributed by atoms with Crippen LogP contribution in [0.5, 0.6) is 5.75 Å². The summed E-state index contributed by atoms with van der Waals surface area (Å²) in [6.07, 6.45) is 1.23. The number of likely N-dealkylation sites (N-methyl/N-ethyl adjacent to an activating group) is 1. The second-order valence-corrected chi connectivity index (χ2v) is 7.16. The van der Waals surface area contributed by atoms with Gasteiger partial charge in [0.25, 0.3) is 5.91 Å². The summed E-state index contributed by atoms with van der Waals surface area (Å²) >= 11 is 6.23. The predicted octanol–water partition coefficient (Wildman–Crippen LogP) is 3.19. The number of nitrogens with zero attached hydrogens (tertiary/aromatic N) is 2. The van der Waals surface area contributed by atoms with Crippen molar-refractivity contribution in [1.29, 1.82) is 0 Å². The Kier molecular flexibility index (Phi) is 6.39. The highest BCUT2D eigenvalue weighted by Gasteiger charge is 2.25. The number of carbonyl (C=O) groups excluding carboxylic acids is 3. The number of benzene rings is 2. The van der Waals surface area contributed by atoms with E-state index in [1.807, 2.05) is 0 Å². The second-order valence-electron chi connectivity index (χ2n) is 6.76. The topological polar surface area (TPSA) is 79.0 Å². The number of nitrogens with one attached hydrogen (secondary N) is 1. The number of hydrogen-bond acceptors (Lipinski definition) is 4. The van der Waals surface area contributed by atoms with E-state index in [9.17, 15) is 14.4 Å². The van der Waals surface area contributed by atoms with Gasteiger partial charge in [-0.1, -0.05) is 17.7 Å². The number of rotatable bonds is 6. The van der Waals surface area contributed by atoms with Crippen molar-refractivity contribution in [3.63, 3.8) is 0 Å². The SMILES string of the molecule is COc1cccc(NC(=O)CN(C)C(=O)c2ccc(Cl)c(N3CCCC3=O)c2)c1. The maximum atomic E-state index is 12.8. The van der Waals surface area contributed by atoms with Crippen LogP contribution in [0.25, 0.3) is 0 Å². The van der Waals surface area contributed by atoms with Gasteiger partial charge in [0, 0.05) is 37.3 Å². The van der Waals surface area contributed by atoms with Gasteiger partial charge in [0.05, 0.1) is 24.4 Å². The molecule has 3 amide bonds. The van der Waals surface area contributed by atoms with Gasteiger partial charge < -0.3 is 19.9 Å². The van der Waals surface area contributed by atoms with Crippen LogP contribution in [0.3, 0.4) is 0 Å². The molecule has 1 heterocycles. The summed E-state index contributed by atoms with van der Waals surface area (Å²) in [4.78, 5) is 40.0. The van der Waals surface area contributed by atoms with Crippen molar-refractivity contribution in [2.24, 2.45) is 0 Å². The molecule has 0 bridgehead atoms. The lowest BCUT2D eigenvalue weighted by molar-refractivity contribution is -0.117. The fourth-order valence-corrected chi connectivity index (χ4v) is 3.38. The summed E-state index contributed by atoms with van der Waals surface area (Å²) in [6.45, 7) is 0.450. The number of amides is 3. The van der Waals surface area contributed by atoms with E-state index in [4.69, 9.17) is 16.3 Å². The van der Waals surface area contributed by atoms with Crippen molar-refractivity contribution in [3.8, 4) is 5.75 Å². The Bertz CT molecular complexity index is 947. The number of carbonyl (C=O) groups is 3. The molecular weight excluding hydrogens is 394 g/mol. The number of halogens is 1. The van der Waals surface area contributed by atoms with Crippen LogP contribution in [-0.2, 0) is 9.59 Å². The maximum absolute atomic E-state index is 12.8. The van der Waals surface area contributed by atoms with Crippen molar-refractivity contribution >= 4 is 40.7 Å². The molecule has 0 spiro atoms. The van der Waals surface area contributed by atoms with Crippen LogP contribution >= 0.6 is 11.6 Å².